The minimum Gasteiger partial charge on any atom is -0.489 e. The molecular weight excluding hydrogens is 512 g/mol. The van der Waals surface area contributed by atoms with Gasteiger partial charge >= 0.3 is 11.9 Å². The number of ketones is 1. The summed E-state index contributed by atoms with van der Waals surface area (Å²) in [5.74, 6) is 0.521. The van der Waals surface area contributed by atoms with Gasteiger partial charge < -0.3 is 19.7 Å². The zero-order chi connectivity index (χ0) is 27.8. The molecule has 6 heterocycles. The number of ether oxygens (including phenoxy) is 2. The maximum absolute atomic E-state index is 13.3. The van der Waals surface area contributed by atoms with Crippen LogP contribution in [0.5, 0.6) is 11.5 Å². The van der Waals surface area contributed by atoms with Gasteiger partial charge in [0.1, 0.15) is 23.7 Å². The van der Waals surface area contributed by atoms with Crippen molar-refractivity contribution in [1.29, 1.82) is 0 Å². The van der Waals surface area contributed by atoms with Crippen LogP contribution in [0.3, 0.4) is 0 Å². The van der Waals surface area contributed by atoms with Crippen molar-refractivity contribution >= 4 is 17.7 Å². The third-order valence-electron chi connectivity index (χ3n) is 8.90. The van der Waals surface area contributed by atoms with E-state index < -0.39 is 11.9 Å². The summed E-state index contributed by atoms with van der Waals surface area (Å²) in [4.78, 5) is 37.4. The van der Waals surface area contributed by atoms with E-state index in [-0.39, 0.29) is 18.0 Å². The van der Waals surface area contributed by atoms with E-state index in [1.807, 2.05) is 24.3 Å². The van der Waals surface area contributed by atoms with Crippen molar-refractivity contribution < 1.29 is 34.1 Å². The van der Waals surface area contributed by atoms with Crippen molar-refractivity contribution in [1.82, 2.24) is 9.80 Å². The molecule has 9 heteroatoms. The fourth-order valence-corrected chi connectivity index (χ4v) is 6.76. The average molecular weight is 547 g/mol. The van der Waals surface area contributed by atoms with Crippen molar-refractivity contribution in [2.45, 2.75) is 37.9 Å². The van der Waals surface area contributed by atoms with Crippen molar-refractivity contribution in [3.8, 4) is 22.6 Å². The Hall–Kier alpha value is -3.69. The monoisotopic (exact) mass is 546 g/mol. The number of carbonyl (C=O) groups is 3. The Morgan fingerprint density at radius 2 is 1.07 bits per heavy atom. The van der Waals surface area contributed by atoms with E-state index in [2.05, 4.69) is 21.9 Å². The molecule has 0 spiro atoms. The number of rotatable bonds is 6. The van der Waals surface area contributed by atoms with Crippen molar-refractivity contribution in [3.05, 3.63) is 59.7 Å². The van der Waals surface area contributed by atoms with E-state index in [0.29, 0.717) is 24.0 Å². The first-order chi connectivity index (χ1) is 19.3. The maximum Gasteiger partial charge on any atom is 0.328 e. The van der Waals surface area contributed by atoms with Crippen LogP contribution in [0.25, 0.3) is 11.1 Å². The predicted octanol–water partition coefficient (Wildman–Crippen LogP) is 3.56. The van der Waals surface area contributed by atoms with Gasteiger partial charge in [0.15, 0.2) is 5.78 Å². The van der Waals surface area contributed by atoms with Gasteiger partial charge in [0.05, 0.1) is 0 Å². The Kier molecular flexibility index (Phi) is 7.33. The average Bonchev–Trinajstić information content (AvgIpc) is 3.24. The summed E-state index contributed by atoms with van der Waals surface area (Å²) in [7, 11) is 0. The van der Waals surface area contributed by atoms with Gasteiger partial charge in [0.2, 0.25) is 0 Å². The minimum absolute atomic E-state index is 0.0914. The number of fused-ring (bicyclic) bond motifs is 9. The smallest absolute Gasteiger partial charge is 0.328 e. The Labute approximate surface area is 233 Å². The lowest BCUT2D eigenvalue weighted by Crippen LogP contribution is -2.52. The first-order valence-electron chi connectivity index (χ1n) is 14.1. The molecule has 1 aliphatic carbocycles. The van der Waals surface area contributed by atoms with E-state index >= 15 is 0 Å². The second-order valence-electron chi connectivity index (χ2n) is 11.3. The number of aliphatic carboxylic acids is 2. The number of hydrogen-bond donors (Lipinski definition) is 2. The molecule has 9 nitrogen and oxygen atoms in total. The fraction of sp³-hybridized carbons (Fsp3) is 0.452. The normalized spacial score (nSPS) is 29.4. The zero-order valence-electron chi connectivity index (χ0n) is 22.3. The summed E-state index contributed by atoms with van der Waals surface area (Å²) in [5.41, 5.74) is 3.55. The summed E-state index contributed by atoms with van der Waals surface area (Å²) in [6.45, 7) is 6.82. The molecular formula is C31H34N2O7. The molecule has 4 bridgehead atoms. The first kappa shape index (κ1) is 26.5. The topological polar surface area (TPSA) is 117 Å². The summed E-state index contributed by atoms with van der Waals surface area (Å²) in [6.07, 6.45) is 6.51. The summed E-state index contributed by atoms with van der Waals surface area (Å²) in [5, 5.41) is 15.6. The summed E-state index contributed by atoms with van der Waals surface area (Å²) in [6, 6.07) is 12.1. The number of piperidine rings is 6. The molecule has 0 radical (unpaired) electrons. The second kappa shape index (κ2) is 11.1. The predicted molar refractivity (Wildman–Crippen MR) is 147 cm³/mol. The van der Waals surface area contributed by atoms with Crippen LogP contribution in [-0.4, -0.2) is 89.2 Å². The van der Waals surface area contributed by atoms with Crippen LogP contribution in [0.1, 0.15) is 41.6 Å². The third-order valence-corrected chi connectivity index (χ3v) is 8.90. The lowest BCUT2D eigenvalue weighted by atomic mass is 9.86. The van der Waals surface area contributed by atoms with E-state index in [9.17, 15) is 14.4 Å². The standard InChI is InChI=1S/C27H30N2O3.C4H4O4/c30-27-23-13-19(31-25-15-28-9-5-17(25)6-10-28)1-3-21(23)22-4-2-20(14-24(22)27)32-26-16-29-11-7-18(26)8-12-29;5-3(6)1-2-4(7)8/h1-4,13-14,17-18,25-26H,5-12,15-16H2;1-2H,(H,5,6)(H,7,8)/b;2-1+/t25-,26?;/m1./s1. The van der Waals surface area contributed by atoms with Crippen LogP contribution in [0, 0.1) is 11.8 Å². The largest absolute Gasteiger partial charge is 0.489 e. The van der Waals surface area contributed by atoms with Crippen LogP contribution in [-0.2, 0) is 9.59 Å². The SMILES string of the molecule is O=C(O)/C=C/C(=O)O.O=C1c2cc(OC3CN4CCC3CC4)ccc2-c2ccc(O[C@@H]3CN4CCC3CC4)cc21. The third kappa shape index (κ3) is 5.48. The number of benzene rings is 2. The van der Waals surface area contributed by atoms with E-state index in [4.69, 9.17) is 19.7 Å². The van der Waals surface area contributed by atoms with Gasteiger partial charge in [-0.2, -0.15) is 0 Å². The number of hydrogen-bond acceptors (Lipinski definition) is 7. The molecule has 7 aliphatic rings. The molecule has 2 N–H and O–H groups in total. The first-order valence-corrected chi connectivity index (χ1v) is 14.1. The Morgan fingerprint density at radius 3 is 1.40 bits per heavy atom. The highest BCUT2D eigenvalue weighted by molar-refractivity contribution is 6.22. The maximum atomic E-state index is 13.3. The molecule has 2 aromatic carbocycles. The van der Waals surface area contributed by atoms with E-state index in [1.54, 1.807) is 0 Å². The molecule has 6 saturated heterocycles. The molecule has 0 aromatic heterocycles. The van der Waals surface area contributed by atoms with E-state index in [0.717, 1.165) is 46.8 Å². The highest BCUT2D eigenvalue weighted by atomic mass is 16.5. The lowest BCUT2D eigenvalue weighted by molar-refractivity contribution is -0.134. The van der Waals surface area contributed by atoms with Gasteiger partial charge in [-0.05, 0) is 111 Å². The fourth-order valence-electron chi connectivity index (χ4n) is 6.76. The van der Waals surface area contributed by atoms with Gasteiger partial charge in [-0.3, -0.25) is 14.6 Å². The molecule has 6 fully saturated rings. The molecule has 2 atom stereocenters. The van der Waals surface area contributed by atoms with Crippen LogP contribution in [0.15, 0.2) is 48.6 Å². The Morgan fingerprint density at radius 1 is 0.675 bits per heavy atom. The number of nitrogens with zero attached hydrogens (tertiary/aromatic N) is 2. The van der Waals surface area contributed by atoms with Crippen LogP contribution in [0.2, 0.25) is 0 Å². The highest BCUT2D eigenvalue weighted by Crippen LogP contribution is 2.41. The summed E-state index contributed by atoms with van der Waals surface area (Å²) < 4.78 is 12.8. The molecule has 9 rings (SSSR count). The molecule has 0 saturated carbocycles. The lowest BCUT2D eigenvalue weighted by Gasteiger charge is -2.44. The molecule has 1 unspecified atom stereocenters. The summed E-state index contributed by atoms with van der Waals surface area (Å²) >= 11 is 0. The van der Waals surface area contributed by atoms with Crippen molar-refractivity contribution in [2.24, 2.45) is 11.8 Å². The van der Waals surface area contributed by atoms with Gasteiger partial charge in [-0.1, -0.05) is 0 Å². The van der Waals surface area contributed by atoms with Crippen LogP contribution < -0.4 is 9.47 Å². The molecule has 6 aliphatic heterocycles. The molecule has 2 aromatic rings. The van der Waals surface area contributed by atoms with Gasteiger partial charge in [0.25, 0.3) is 0 Å². The van der Waals surface area contributed by atoms with Crippen molar-refractivity contribution in [2.75, 3.05) is 39.3 Å². The number of carbonyl (C=O) groups excluding carboxylic acids is 1. The Bertz CT molecular complexity index is 1240. The second-order valence-corrected chi connectivity index (χ2v) is 11.3. The van der Waals surface area contributed by atoms with Gasteiger partial charge in [-0.25, -0.2) is 9.59 Å². The van der Waals surface area contributed by atoms with Gasteiger partial charge in [-0.15, -0.1) is 0 Å². The number of carboxylic acid groups (broad SMARTS) is 2. The molecule has 40 heavy (non-hydrogen) atoms. The van der Waals surface area contributed by atoms with Crippen LogP contribution in [0.4, 0.5) is 0 Å². The highest BCUT2D eigenvalue weighted by Gasteiger charge is 2.37. The minimum atomic E-state index is -1.26. The number of carboxylic acids is 2. The van der Waals surface area contributed by atoms with Crippen LogP contribution >= 0.6 is 0 Å². The zero-order valence-corrected chi connectivity index (χ0v) is 22.3. The molecule has 210 valence electrons. The Balaban J connectivity index is 0.000000319. The quantitative estimate of drug-likeness (QED) is 0.448. The molecule has 0 amide bonds. The van der Waals surface area contributed by atoms with E-state index in [1.165, 1.54) is 51.9 Å². The van der Waals surface area contributed by atoms with Gasteiger partial charge in [0, 0.05) is 36.4 Å². The van der Waals surface area contributed by atoms with Crippen molar-refractivity contribution in [3.63, 3.8) is 0 Å².